The molecule has 2 aromatic rings. The molecule has 0 heterocycles. The van der Waals surface area contributed by atoms with Gasteiger partial charge in [0.2, 0.25) is 0 Å². The first kappa shape index (κ1) is 16.5. The second kappa shape index (κ2) is 6.96. The minimum atomic E-state index is -0.315. The molecule has 0 aliphatic carbocycles. The van der Waals surface area contributed by atoms with Crippen LogP contribution < -0.4 is 10.5 Å². The topological polar surface area (TPSA) is 35.2 Å². The van der Waals surface area contributed by atoms with Gasteiger partial charge >= 0.3 is 0 Å². The van der Waals surface area contributed by atoms with E-state index in [1.54, 1.807) is 13.2 Å². The van der Waals surface area contributed by atoms with Crippen LogP contribution in [0.5, 0.6) is 5.75 Å². The van der Waals surface area contributed by atoms with Crippen LogP contribution in [0, 0.1) is 3.57 Å². The Balaban J connectivity index is 2.58. The standard InChI is InChI=1S/C14H11Br2ClINO/c1-20-14-10(5-8(17)6-11(14)16)13(19)9-4-7(15)2-3-12(9)18/h2-6,13H,19H2,1H3. The van der Waals surface area contributed by atoms with Gasteiger partial charge in [-0.1, -0.05) is 27.5 Å². The van der Waals surface area contributed by atoms with Gasteiger partial charge < -0.3 is 10.5 Å². The summed E-state index contributed by atoms with van der Waals surface area (Å²) in [6.45, 7) is 0. The monoisotopic (exact) mass is 529 g/mol. The fourth-order valence-corrected chi connectivity index (χ4v) is 3.99. The molecule has 1 unspecified atom stereocenters. The molecule has 2 rings (SSSR count). The van der Waals surface area contributed by atoms with E-state index in [4.69, 9.17) is 22.1 Å². The van der Waals surface area contributed by atoms with E-state index < -0.39 is 0 Å². The third-order valence-electron chi connectivity index (χ3n) is 2.87. The molecule has 0 aliphatic heterocycles. The molecule has 2 N–H and O–H groups in total. The molecule has 0 aromatic heterocycles. The average Bonchev–Trinajstić information content (AvgIpc) is 2.40. The van der Waals surface area contributed by atoms with Crippen LogP contribution in [0.4, 0.5) is 0 Å². The predicted molar refractivity (Wildman–Crippen MR) is 98.6 cm³/mol. The van der Waals surface area contributed by atoms with Crippen molar-refractivity contribution in [1.82, 2.24) is 0 Å². The maximum Gasteiger partial charge on any atom is 0.138 e. The molecule has 0 aliphatic rings. The molecule has 0 bridgehead atoms. The molecule has 2 aromatic carbocycles. The Morgan fingerprint density at radius 2 is 1.90 bits per heavy atom. The normalized spacial score (nSPS) is 12.3. The molecule has 0 amide bonds. The fourth-order valence-electron chi connectivity index (χ4n) is 1.95. The first-order valence-electron chi connectivity index (χ1n) is 5.67. The van der Waals surface area contributed by atoms with E-state index >= 15 is 0 Å². The van der Waals surface area contributed by atoms with Crippen LogP contribution in [0.15, 0.2) is 39.3 Å². The van der Waals surface area contributed by atoms with E-state index in [0.717, 1.165) is 23.6 Å². The van der Waals surface area contributed by atoms with Crippen molar-refractivity contribution in [3.05, 3.63) is 59.0 Å². The van der Waals surface area contributed by atoms with Gasteiger partial charge in [-0.3, -0.25) is 0 Å². The summed E-state index contributed by atoms with van der Waals surface area (Å²) in [6, 6.07) is 9.34. The van der Waals surface area contributed by atoms with Crippen LogP contribution >= 0.6 is 66.1 Å². The van der Waals surface area contributed by atoms with Gasteiger partial charge in [-0.05, 0) is 74.4 Å². The number of ether oxygens (including phenoxy) is 1. The SMILES string of the molecule is COc1c(Br)cc(Cl)cc1C(N)c1cc(Br)ccc1I. The van der Waals surface area contributed by atoms with Gasteiger partial charge in [-0.15, -0.1) is 0 Å². The Labute approximate surface area is 153 Å². The molecule has 6 heteroatoms. The zero-order valence-corrected chi connectivity index (χ0v) is 16.5. The van der Waals surface area contributed by atoms with Crippen molar-refractivity contribution in [2.45, 2.75) is 6.04 Å². The van der Waals surface area contributed by atoms with Gasteiger partial charge in [0, 0.05) is 18.6 Å². The van der Waals surface area contributed by atoms with Crippen LogP contribution in [-0.2, 0) is 0 Å². The van der Waals surface area contributed by atoms with Gasteiger partial charge in [0.1, 0.15) is 5.75 Å². The van der Waals surface area contributed by atoms with Crippen LogP contribution in [0.2, 0.25) is 5.02 Å². The molecule has 20 heavy (non-hydrogen) atoms. The third-order valence-corrected chi connectivity index (χ3v) is 5.15. The highest BCUT2D eigenvalue weighted by Gasteiger charge is 2.19. The highest BCUT2D eigenvalue weighted by molar-refractivity contribution is 14.1. The van der Waals surface area contributed by atoms with E-state index in [-0.39, 0.29) is 6.04 Å². The minimum Gasteiger partial charge on any atom is -0.495 e. The van der Waals surface area contributed by atoms with Gasteiger partial charge in [0.05, 0.1) is 17.6 Å². The zero-order valence-electron chi connectivity index (χ0n) is 10.5. The Hall–Kier alpha value is 0.180. The summed E-state index contributed by atoms with van der Waals surface area (Å²) in [7, 11) is 1.62. The molecular formula is C14H11Br2ClINO. The molecule has 0 radical (unpaired) electrons. The van der Waals surface area contributed by atoms with E-state index in [0.29, 0.717) is 10.8 Å². The number of benzene rings is 2. The summed E-state index contributed by atoms with van der Waals surface area (Å²) < 4.78 is 8.32. The summed E-state index contributed by atoms with van der Waals surface area (Å²) in [4.78, 5) is 0. The average molecular weight is 531 g/mol. The lowest BCUT2D eigenvalue weighted by Gasteiger charge is -2.19. The van der Waals surface area contributed by atoms with Gasteiger partial charge in [-0.25, -0.2) is 0 Å². The highest BCUT2D eigenvalue weighted by atomic mass is 127. The summed E-state index contributed by atoms with van der Waals surface area (Å²) in [5.74, 6) is 0.706. The zero-order chi connectivity index (χ0) is 14.9. The summed E-state index contributed by atoms with van der Waals surface area (Å²) in [5, 5.41) is 0.619. The number of rotatable bonds is 3. The van der Waals surface area contributed by atoms with Crippen LogP contribution in [-0.4, -0.2) is 7.11 Å². The van der Waals surface area contributed by atoms with Crippen molar-refractivity contribution in [3.8, 4) is 5.75 Å². The molecule has 0 saturated heterocycles. The Morgan fingerprint density at radius 3 is 2.55 bits per heavy atom. The van der Waals surface area contributed by atoms with Crippen molar-refractivity contribution in [3.63, 3.8) is 0 Å². The quantitative estimate of drug-likeness (QED) is 0.530. The Kier molecular flexibility index (Phi) is 5.76. The smallest absolute Gasteiger partial charge is 0.138 e. The summed E-state index contributed by atoms with van der Waals surface area (Å²) >= 11 is 15.3. The largest absolute Gasteiger partial charge is 0.495 e. The number of nitrogens with two attached hydrogens (primary N) is 1. The van der Waals surface area contributed by atoms with Gasteiger partial charge in [-0.2, -0.15) is 0 Å². The molecule has 2 nitrogen and oxygen atoms in total. The van der Waals surface area contributed by atoms with Crippen molar-refractivity contribution in [1.29, 1.82) is 0 Å². The lowest BCUT2D eigenvalue weighted by molar-refractivity contribution is 0.405. The number of halogens is 4. The minimum absolute atomic E-state index is 0.315. The van der Waals surface area contributed by atoms with E-state index in [2.05, 4.69) is 54.5 Å². The van der Waals surface area contributed by atoms with E-state index in [9.17, 15) is 0 Å². The molecule has 0 saturated carbocycles. The first-order chi connectivity index (χ1) is 9.43. The van der Waals surface area contributed by atoms with Crippen molar-refractivity contribution < 1.29 is 4.74 Å². The lowest BCUT2D eigenvalue weighted by Crippen LogP contribution is -2.15. The third kappa shape index (κ3) is 3.50. The van der Waals surface area contributed by atoms with Crippen molar-refractivity contribution in [2.24, 2.45) is 5.73 Å². The molecule has 0 spiro atoms. The van der Waals surface area contributed by atoms with Crippen molar-refractivity contribution in [2.75, 3.05) is 7.11 Å². The maximum atomic E-state index is 6.42. The molecule has 106 valence electrons. The number of methoxy groups -OCH3 is 1. The highest BCUT2D eigenvalue weighted by Crippen LogP contribution is 2.38. The second-order valence-electron chi connectivity index (χ2n) is 4.15. The number of hydrogen-bond acceptors (Lipinski definition) is 2. The molecule has 0 fully saturated rings. The Morgan fingerprint density at radius 1 is 1.20 bits per heavy atom. The maximum absolute atomic E-state index is 6.42. The summed E-state index contributed by atoms with van der Waals surface area (Å²) in [6.07, 6.45) is 0. The van der Waals surface area contributed by atoms with Crippen LogP contribution in [0.3, 0.4) is 0 Å². The Bertz CT molecular complexity index is 651. The summed E-state index contributed by atoms with van der Waals surface area (Å²) in [5.41, 5.74) is 8.29. The molecular weight excluding hydrogens is 520 g/mol. The van der Waals surface area contributed by atoms with Crippen molar-refractivity contribution >= 4 is 66.1 Å². The van der Waals surface area contributed by atoms with Gasteiger partial charge in [0.15, 0.2) is 0 Å². The van der Waals surface area contributed by atoms with Gasteiger partial charge in [0.25, 0.3) is 0 Å². The second-order valence-corrected chi connectivity index (χ2v) is 7.52. The van der Waals surface area contributed by atoms with Crippen LogP contribution in [0.1, 0.15) is 17.2 Å². The predicted octanol–water partition coefficient (Wildman–Crippen LogP) is 5.53. The van der Waals surface area contributed by atoms with Crippen LogP contribution in [0.25, 0.3) is 0 Å². The van der Waals surface area contributed by atoms with E-state index in [1.807, 2.05) is 24.3 Å². The fraction of sp³-hybridized carbons (Fsp3) is 0.143. The lowest BCUT2D eigenvalue weighted by atomic mass is 9.99. The first-order valence-corrected chi connectivity index (χ1v) is 8.71. The molecule has 1 atom stereocenters. The number of hydrogen-bond donors (Lipinski definition) is 1. The van der Waals surface area contributed by atoms with E-state index in [1.165, 1.54) is 0 Å².